The van der Waals surface area contributed by atoms with Gasteiger partial charge in [-0.2, -0.15) is 0 Å². The zero-order valence-corrected chi connectivity index (χ0v) is 14.9. The van der Waals surface area contributed by atoms with Crippen molar-refractivity contribution < 1.29 is 13.2 Å². The zero-order chi connectivity index (χ0) is 18.6. The molecule has 0 fully saturated rings. The number of nitrogens with one attached hydrogen (secondary N) is 1. The zero-order valence-electron chi connectivity index (χ0n) is 14.1. The van der Waals surface area contributed by atoms with E-state index in [1.807, 2.05) is 18.2 Å². The lowest BCUT2D eigenvalue weighted by Crippen LogP contribution is -2.23. The van der Waals surface area contributed by atoms with E-state index in [1.54, 1.807) is 36.8 Å². The summed E-state index contributed by atoms with van der Waals surface area (Å²) in [5.41, 5.74) is 2.77. The third-order valence-corrected chi connectivity index (χ3v) is 5.22. The minimum Gasteiger partial charge on any atom is -0.295 e. The maximum Gasteiger partial charge on any atom is 0.240 e. The van der Waals surface area contributed by atoms with Gasteiger partial charge in [-0.05, 0) is 48.9 Å². The van der Waals surface area contributed by atoms with Crippen LogP contribution in [0.4, 0.5) is 0 Å². The molecule has 0 atom stereocenters. The third kappa shape index (κ3) is 4.19. The number of hydrogen-bond donors (Lipinski definition) is 1. The average molecular weight is 367 g/mol. The van der Waals surface area contributed by atoms with Gasteiger partial charge in [-0.15, -0.1) is 0 Å². The van der Waals surface area contributed by atoms with Crippen molar-refractivity contribution in [3.63, 3.8) is 0 Å². The first-order valence-electron chi connectivity index (χ1n) is 7.92. The summed E-state index contributed by atoms with van der Waals surface area (Å²) in [6.07, 6.45) is 4.98. The lowest BCUT2D eigenvalue weighted by atomic mass is 10.1. The largest absolute Gasteiger partial charge is 0.295 e. The summed E-state index contributed by atoms with van der Waals surface area (Å²) in [6.45, 7) is 1.52. The molecule has 132 valence electrons. The molecule has 3 aromatic rings. The van der Waals surface area contributed by atoms with Crippen LogP contribution >= 0.6 is 0 Å². The van der Waals surface area contributed by atoms with Crippen LogP contribution in [0.5, 0.6) is 0 Å². The summed E-state index contributed by atoms with van der Waals surface area (Å²) < 4.78 is 27.5. The Bertz CT molecular complexity index is 1030. The Kier molecular flexibility index (Phi) is 5.20. The summed E-state index contributed by atoms with van der Waals surface area (Å²) in [4.78, 5) is 19.8. The van der Waals surface area contributed by atoms with Crippen molar-refractivity contribution >= 4 is 15.8 Å². The normalized spacial score (nSPS) is 11.3. The van der Waals surface area contributed by atoms with E-state index in [2.05, 4.69) is 14.7 Å². The molecule has 0 saturated carbocycles. The molecule has 26 heavy (non-hydrogen) atoms. The van der Waals surface area contributed by atoms with E-state index >= 15 is 0 Å². The Morgan fingerprint density at radius 3 is 2.54 bits per heavy atom. The molecule has 0 saturated heterocycles. The molecule has 0 unspecified atom stereocenters. The van der Waals surface area contributed by atoms with Crippen LogP contribution in [0.3, 0.4) is 0 Å². The van der Waals surface area contributed by atoms with Gasteiger partial charge in [0.2, 0.25) is 10.0 Å². The summed E-state index contributed by atoms with van der Waals surface area (Å²) in [6, 6.07) is 13.2. The number of benzene rings is 1. The van der Waals surface area contributed by atoms with Gasteiger partial charge in [0, 0.05) is 36.3 Å². The minimum absolute atomic E-state index is 0.0635. The van der Waals surface area contributed by atoms with Crippen molar-refractivity contribution in [3.05, 3.63) is 78.2 Å². The number of ketones is 1. The molecule has 0 spiro atoms. The van der Waals surface area contributed by atoms with Gasteiger partial charge in [-0.1, -0.05) is 12.1 Å². The topological polar surface area (TPSA) is 89.0 Å². The van der Waals surface area contributed by atoms with Crippen LogP contribution in [0.15, 0.2) is 72.0 Å². The van der Waals surface area contributed by atoms with Crippen LogP contribution < -0.4 is 4.72 Å². The lowest BCUT2D eigenvalue weighted by Gasteiger charge is -2.09. The number of carbonyl (C=O) groups excluding carboxylic acids is 1. The van der Waals surface area contributed by atoms with E-state index in [1.165, 1.54) is 19.1 Å². The Hall–Kier alpha value is -2.90. The van der Waals surface area contributed by atoms with Gasteiger partial charge in [0.05, 0.1) is 10.6 Å². The van der Waals surface area contributed by atoms with Gasteiger partial charge < -0.3 is 0 Å². The molecule has 2 aromatic heterocycles. The minimum atomic E-state index is -3.72. The van der Waals surface area contributed by atoms with E-state index in [9.17, 15) is 13.2 Å². The lowest BCUT2D eigenvalue weighted by molar-refractivity contribution is 0.101. The Morgan fingerprint density at radius 2 is 1.81 bits per heavy atom. The number of nitrogens with zero attached hydrogens (tertiary/aromatic N) is 2. The van der Waals surface area contributed by atoms with E-state index in [0.29, 0.717) is 5.56 Å². The molecule has 0 amide bonds. The van der Waals surface area contributed by atoms with Crippen molar-refractivity contribution in [1.29, 1.82) is 0 Å². The van der Waals surface area contributed by atoms with Crippen LogP contribution in [-0.2, 0) is 16.6 Å². The third-order valence-electron chi connectivity index (χ3n) is 3.82. The number of Topliss-reactive ketones (excluding diaryl/α,β-unsaturated/α-hetero) is 1. The molecule has 1 aromatic carbocycles. The van der Waals surface area contributed by atoms with E-state index in [4.69, 9.17) is 0 Å². The molecule has 0 bridgehead atoms. The quantitative estimate of drug-likeness (QED) is 0.677. The highest BCUT2D eigenvalue weighted by atomic mass is 32.2. The Morgan fingerprint density at radius 1 is 1.04 bits per heavy atom. The van der Waals surface area contributed by atoms with Gasteiger partial charge in [-0.25, -0.2) is 13.1 Å². The molecule has 0 aliphatic rings. The maximum absolute atomic E-state index is 12.5. The predicted molar refractivity (Wildman–Crippen MR) is 97.9 cm³/mol. The average Bonchev–Trinajstić information content (AvgIpc) is 2.67. The standard InChI is InChI=1S/C19H17N3O3S/c1-14(23)17-3-2-4-18(12-17)26(24,25)22-13-15-5-10-21-19(11-15)16-6-8-20-9-7-16/h2-12,22H,13H2,1H3. The first-order valence-corrected chi connectivity index (χ1v) is 9.40. The van der Waals surface area contributed by atoms with E-state index in [0.717, 1.165) is 16.8 Å². The summed E-state index contributed by atoms with van der Waals surface area (Å²) in [7, 11) is -3.72. The first kappa shape index (κ1) is 17.9. The van der Waals surface area contributed by atoms with Crippen LogP contribution in [0, 0.1) is 0 Å². The van der Waals surface area contributed by atoms with Gasteiger partial charge >= 0.3 is 0 Å². The van der Waals surface area contributed by atoms with Crippen molar-refractivity contribution in [1.82, 2.24) is 14.7 Å². The second-order valence-electron chi connectivity index (χ2n) is 5.69. The fourth-order valence-electron chi connectivity index (χ4n) is 2.41. The highest BCUT2D eigenvalue weighted by Crippen LogP contribution is 2.17. The fourth-order valence-corrected chi connectivity index (χ4v) is 3.47. The van der Waals surface area contributed by atoms with Crippen molar-refractivity contribution in [3.8, 4) is 11.3 Å². The first-order chi connectivity index (χ1) is 12.5. The van der Waals surface area contributed by atoms with E-state index < -0.39 is 10.0 Å². The fraction of sp³-hybridized carbons (Fsp3) is 0.105. The number of pyridine rings is 2. The maximum atomic E-state index is 12.5. The van der Waals surface area contributed by atoms with Crippen molar-refractivity contribution in [2.45, 2.75) is 18.4 Å². The summed E-state index contributed by atoms with van der Waals surface area (Å²) in [5.74, 6) is -0.182. The van der Waals surface area contributed by atoms with Crippen molar-refractivity contribution in [2.75, 3.05) is 0 Å². The molecule has 0 aliphatic carbocycles. The van der Waals surface area contributed by atoms with Gasteiger partial charge in [-0.3, -0.25) is 14.8 Å². The van der Waals surface area contributed by atoms with Gasteiger partial charge in [0.25, 0.3) is 0 Å². The van der Waals surface area contributed by atoms with Crippen LogP contribution in [0.2, 0.25) is 0 Å². The molecule has 0 radical (unpaired) electrons. The smallest absolute Gasteiger partial charge is 0.240 e. The highest BCUT2D eigenvalue weighted by molar-refractivity contribution is 7.89. The summed E-state index contributed by atoms with van der Waals surface area (Å²) >= 11 is 0. The van der Waals surface area contributed by atoms with Crippen LogP contribution in [-0.4, -0.2) is 24.2 Å². The van der Waals surface area contributed by atoms with Crippen LogP contribution in [0.1, 0.15) is 22.8 Å². The molecule has 7 heteroatoms. The number of aromatic nitrogens is 2. The SMILES string of the molecule is CC(=O)c1cccc(S(=O)(=O)NCc2ccnc(-c3ccncc3)c2)c1. The highest BCUT2D eigenvalue weighted by Gasteiger charge is 2.15. The number of rotatable bonds is 6. The predicted octanol–water partition coefficient (Wildman–Crippen LogP) is 2.82. The van der Waals surface area contributed by atoms with Crippen LogP contribution in [0.25, 0.3) is 11.3 Å². The molecule has 0 aliphatic heterocycles. The monoisotopic (exact) mass is 367 g/mol. The number of sulfonamides is 1. The van der Waals surface area contributed by atoms with Crippen molar-refractivity contribution in [2.24, 2.45) is 0 Å². The Labute approximate surface area is 152 Å². The molecular formula is C19H17N3O3S. The second kappa shape index (κ2) is 7.55. The van der Waals surface area contributed by atoms with Gasteiger partial charge in [0.15, 0.2) is 5.78 Å². The van der Waals surface area contributed by atoms with Gasteiger partial charge in [0.1, 0.15) is 0 Å². The number of carbonyl (C=O) groups is 1. The summed E-state index contributed by atoms with van der Waals surface area (Å²) in [5, 5.41) is 0. The second-order valence-corrected chi connectivity index (χ2v) is 7.46. The molecular weight excluding hydrogens is 350 g/mol. The van der Waals surface area contributed by atoms with E-state index in [-0.39, 0.29) is 17.2 Å². The molecule has 2 heterocycles. The Balaban J connectivity index is 1.78. The molecule has 1 N–H and O–H groups in total. The number of hydrogen-bond acceptors (Lipinski definition) is 5. The molecule has 6 nitrogen and oxygen atoms in total. The molecule has 3 rings (SSSR count).